The standard InChI is InChI=1S/C50H34BN3O2Si/c1-33-27-28-41-44(29-33)54-43-24-11-10-23-42(43)53(50(54)52-41)34-15-14-20-37(30-34)57(35-16-4-2-5-17-35,36-18-6-3-7-19-36)38-31-47-49-48(32-38)56-46-26-13-9-22-40(46)51(49)39-21-8-12-25-45(39)55-47/h2-32H,1H3/i10D,11D,23D,24D,27D,28D,29D. The van der Waals surface area contributed by atoms with E-state index in [9.17, 15) is 2.74 Å². The minimum atomic E-state index is -3.41. The van der Waals surface area contributed by atoms with Gasteiger partial charge in [-0.15, -0.1) is 0 Å². The Hall–Kier alpha value is -7.09. The molecule has 2 aromatic heterocycles. The van der Waals surface area contributed by atoms with Crippen LogP contribution < -0.4 is 46.6 Å². The first-order valence-electron chi connectivity index (χ1n) is 22.4. The second-order valence-electron chi connectivity index (χ2n) is 14.6. The summed E-state index contributed by atoms with van der Waals surface area (Å²) < 4.78 is 79.8. The van der Waals surface area contributed by atoms with Gasteiger partial charge in [0.1, 0.15) is 23.0 Å². The molecule has 0 bridgehead atoms. The van der Waals surface area contributed by atoms with E-state index in [1.165, 1.54) is 0 Å². The second-order valence-corrected chi connectivity index (χ2v) is 18.4. The molecule has 0 spiro atoms. The van der Waals surface area contributed by atoms with Gasteiger partial charge in [0.25, 0.3) is 6.71 Å². The van der Waals surface area contributed by atoms with Crippen LogP contribution in [0.4, 0.5) is 0 Å². The highest BCUT2D eigenvalue weighted by Crippen LogP contribution is 2.35. The molecule has 57 heavy (non-hydrogen) atoms. The molecule has 0 saturated carbocycles. The van der Waals surface area contributed by atoms with Crippen LogP contribution in [0.25, 0.3) is 33.5 Å². The first-order valence-corrected chi connectivity index (χ1v) is 20.9. The highest BCUT2D eigenvalue weighted by molar-refractivity contribution is 7.20. The van der Waals surface area contributed by atoms with Gasteiger partial charge >= 0.3 is 0 Å². The number of nitrogens with zero attached hydrogens (tertiary/aromatic N) is 3. The summed E-state index contributed by atoms with van der Waals surface area (Å²) in [5.74, 6) is 3.20. The molecule has 10 aromatic rings. The van der Waals surface area contributed by atoms with Crippen molar-refractivity contribution >= 4 is 79.8 Å². The van der Waals surface area contributed by atoms with Crippen molar-refractivity contribution < 1.29 is 19.1 Å². The van der Waals surface area contributed by atoms with Crippen molar-refractivity contribution in [2.45, 2.75) is 6.92 Å². The Morgan fingerprint density at radius 3 is 1.82 bits per heavy atom. The van der Waals surface area contributed by atoms with Crippen LogP contribution in [0.2, 0.25) is 0 Å². The average molecular weight is 755 g/mol. The predicted molar refractivity (Wildman–Crippen MR) is 236 cm³/mol. The molecule has 0 saturated heterocycles. The van der Waals surface area contributed by atoms with Gasteiger partial charge in [-0.25, -0.2) is 4.98 Å². The highest BCUT2D eigenvalue weighted by atomic mass is 28.3. The molecule has 2 aliphatic heterocycles. The smallest absolute Gasteiger partial charge is 0.260 e. The minimum absolute atomic E-state index is 0.0309. The van der Waals surface area contributed by atoms with E-state index in [2.05, 4.69) is 84.9 Å². The molecule has 0 aliphatic carbocycles. The van der Waals surface area contributed by atoms with Crippen LogP contribution in [0.3, 0.4) is 0 Å². The van der Waals surface area contributed by atoms with Gasteiger partial charge in [-0.05, 0) is 105 Å². The Labute approximate surface area is 341 Å². The van der Waals surface area contributed by atoms with Gasteiger partial charge in [0.2, 0.25) is 5.78 Å². The fraction of sp³-hybridized carbons (Fsp3) is 0.0200. The average Bonchev–Trinajstić information content (AvgIpc) is 3.88. The fourth-order valence-corrected chi connectivity index (χ4v) is 14.0. The molecule has 0 fully saturated rings. The Kier molecular flexibility index (Phi) is 5.54. The van der Waals surface area contributed by atoms with Crippen molar-refractivity contribution in [2.24, 2.45) is 0 Å². The lowest BCUT2D eigenvalue weighted by Gasteiger charge is -2.38. The monoisotopic (exact) mass is 754 g/mol. The minimum Gasteiger partial charge on any atom is -0.458 e. The third kappa shape index (κ3) is 4.60. The van der Waals surface area contributed by atoms with Gasteiger partial charge in [0.05, 0.1) is 31.7 Å². The Bertz CT molecular complexity index is 3530. The summed E-state index contributed by atoms with van der Waals surface area (Å²) in [5.41, 5.74) is 4.58. The summed E-state index contributed by atoms with van der Waals surface area (Å²) in [4.78, 5) is 4.91. The van der Waals surface area contributed by atoms with Crippen LogP contribution in [0.15, 0.2) is 188 Å². The SMILES string of the molecule is [2H]c1c(C)c([2H])c2c(nc3n(-c4cccc([Si](c5ccccc5)(c5ccccc5)c5cc6c7c(c5)Oc5ccccc5B7c5ccccc5O6)c4)c4c([2H])c([2H])c([2H])c([2H])c4n23)c1[2H]. The Morgan fingerprint density at radius 2 is 1.16 bits per heavy atom. The quantitative estimate of drug-likeness (QED) is 0.143. The zero-order valence-electron chi connectivity index (χ0n) is 37.6. The van der Waals surface area contributed by atoms with Crippen LogP contribution in [0.5, 0.6) is 23.0 Å². The zero-order valence-corrected chi connectivity index (χ0v) is 31.6. The van der Waals surface area contributed by atoms with Gasteiger partial charge in [0, 0.05) is 11.2 Å². The number of benzene rings is 8. The number of hydrogen-bond donors (Lipinski definition) is 0. The number of hydrogen-bond acceptors (Lipinski definition) is 3. The maximum absolute atomic E-state index is 9.32. The normalized spacial score (nSPS) is 14.6. The summed E-state index contributed by atoms with van der Waals surface area (Å²) in [6.07, 6.45) is 0. The van der Waals surface area contributed by atoms with E-state index in [0.717, 1.165) is 48.6 Å². The molecule has 12 rings (SSSR count). The van der Waals surface area contributed by atoms with Gasteiger partial charge in [-0.3, -0.25) is 8.97 Å². The molecule has 0 unspecified atom stereocenters. The number of rotatable bonds is 5. The molecular weight excluding hydrogens is 713 g/mol. The number of ether oxygens (including phenoxy) is 2. The van der Waals surface area contributed by atoms with Crippen LogP contribution in [0.1, 0.15) is 15.2 Å². The lowest BCUT2D eigenvalue weighted by molar-refractivity contribution is 0.465. The number of fused-ring (bicyclic) bond motifs is 9. The first-order chi connectivity index (χ1) is 31.1. The Morgan fingerprint density at radius 1 is 0.561 bits per heavy atom. The summed E-state index contributed by atoms with van der Waals surface area (Å²) in [7, 11) is -3.41. The van der Waals surface area contributed by atoms with Crippen LogP contribution in [0, 0.1) is 6.92 Å². The van der Waals surface area contributed by atoms with Gasteiger partial charge in [0.15, 0.2) is 8.07 Å². The first kappa shape index (κ1) is 25.9. The molecule has 2 aliphatic rings. The molecule has 5 nitrogen and oxygen atoms in total. The number of para-hydroxylation sites is 4. The third-order valence-electron chi connectivity index (χ3n) is 11.5. The van der Waals surface area contributed by atoms with Crippen molar-refractivity contribution in [1.29, 1.82) is 0 Å². The summed E-state index contributed by atoms with van der Waals surface area (Å²) in [5, 5.41) is 4.13. The Balaban J connectivity index is 1.19. The summed E-state index contributed by atoms with van der Waals surface area (Å²) in [6.45, 7) is 1.51. The third-order valence-corrected chi connectivity index (χ3v) is 16.2. The van der Waals surface area contributed by atoms with Crippen molar-refractivity contribution in [3.05, 3.63) is 193 Å². The highest BCUT2D eigenvalue weighted by Gasteiger charge is 2.46. The predicted octanol–water partition coefficient (Wildman–Crippen LogP) is 6.84. The van der Waals surface area contributed by atoms with Gasteiger partial charge in [-0.1, -0.05) is 127 Å². The zero-order chi connectivity index (χ0) is 43.8. The molecule has 268 valence electrons. The van der Waals surface area contributed by atoms with Crippen molar-refractivity contribution in [2.75, 3.05) is 0 Å². The molecule has 8 aromatic carbocycles. The fourth-order valence-electron chi connectivity index (χ4n) is 9.17. The maximum Gasteiger partial charge on any atom is 0.260 e. The maximum atomic E-state index is 9.32. The topological polar surface area (TPSA) is 40.7 Å². The number of imidazole rings is 2. The summed E-state index contributed by atoms with van der Waals surface area (Å²) in [6, 6.07) is 48.0. The van der Waals surface area contributed by atoms with E-state index in [1.54, 1.807) is 15.9 Å². The van der Waals surface area contributed by atoms with E-state index in [-0.39, 0.29) is 70.3 Å². The van der Waals surface area contributed by atoms with Gasteiger partial charge < -0.3 is 9.47 Å². The second kappa shape index (κ2) is 12.2. The molecule has 4 heterocycles. The lowest BCUT2D eigenvalue weighted by atomic mass is 9.35. The molecule has 0 N–H and O–H groups in total. The lowest BCUT2D eigenvalue weighted by Crippen LogP contribution is -2.75. The van der Waals surface area contributed by atoms with E-state index < -0.39 is 20.2 Å². The van der Waals surface area contributed by atoms with Crippen LogP contribution in [-0.2, 0) is 0 Å². The van der Waals surface area contributed by atoms with E-state index in [4.69, 9.17) is 21.3 Å². The van der Waals surface area contributed by atoms with Crippen LogP contribution >= 0.6 is 0 Å². The van der Waals surface area contributed by atoms with Gasteiger partial charge in [-0.2, -0.15) is 0 Å². The van der Waals surface area contributed by atoms with E-state index in [1.807, 2.05) is 60.7 Å². The largest absolute Gasteiger partial charge is 0.458 e. The molecular formula is C50H34BN3O2Si. The number of aromatic nitrogens is 3. The van der Waals surface area contributed by atoms with Crippen LogP contribution in [-0.4, -0.2) is 28.7 Å². The van der Waals surface area contributed by atoms with Crippen molar-refractivity contribution in [3.63, 3.8) is 0 Å². The van der Waals surface area contributed by atoms with E-state index in [0.29, 0.717) is 17.2 Å². The van der Waals surface area contributed by atoms with Crippen molar-refractivity contribution in [1.82, 2.24) is 14.0 Å². The molecule has 7 heteroatoms. The molecule has 0 amide bonds. The van der Waals surface area contributed by atoms with Crippen molar-refractivity contribution in [3.8, 4) is 28.7 Å². The molecule has 0 radical (unpaired) electrons. The van der Waals surface area contributed by atoms with E-state index >= 15 is 0 Å². The summed E-state index contributed by atoms with van der Waals surface area (Å²) >= 11 is 0. The molecule has 0 atom stereocenters.